The van der Waals surface area contributed by atoms with E-state index in [9.17, 15) is 0 Å². The van der Waals surface area contributed by atoms with Crippen LogP contribution in [0.25, 0.3) is 0 Å². The molecule has 3 heteroatoms. The first-order valence-corrected chi connectivity index (χ1v) is 6.84. The van der Waals surface area contributed by atoms with E-state index < -0.39 is 0 Å². The van der Waals surface area contributed by atoms with Gasteiger partial charge in [0, 0.05) is 42.3 Å². The lowest BCUT2D eigenvalue weighted by Crippen LogP contribution is -2.36. The van der Waals surface area contributed by atoms with Crippen molar-refractivity contribution in [2.24, 2.45) is 0 Å². The van der Waals surface area contributed by atoms with Gasteiger partial charge in [0.2, 0.25) is 0 Å². The quantitative estimate of drug-likeness (QED) is 0.796. The molecule has 0 aliphatic rings. The van der Waals surface area contributed by atoms with E-state index in [1.54, 1.807) is 0 Å². The van der Waals surface area contributed by atoms with Crippen LogP contribution in [0.15, 0.2) is 18.5 Å². The molecule has 0 bridgehead atoms. The van der Waals surface area contributed by atoms with Gasteiger partial charge in [-0.15, -0.1) is 6.42 Å². The summed E-state index contributed by atoms with van der Waals surface area (Å²) in [7, 11) is 0. The number of nitrogens with zero attached hydrogens (tertiary/aromatic N) is 2. The molecule has 1 aromatic rings. The second kappa shape index (κ2) is 7.16. The van der Waals surface area contributed by atoms with E-state index in [0.29, 0.717) is 6.54 Å². The minimum atomic E-state index is 0.0921. The number of rotatable bonds is 6. The molecule has 1 rings (SSSR count). The summed E-state index contributed by atoms with van der Waals surface area (Å²) >= 11 is 0. The average molecular weight is 259 g/mol. The first-order valence-electron chi connectivity index (χ1n) is 6.84. The monoisotopic (exact) mass is 259 g/mol. The molecule has 104 valence electrons. The molecule has 0 aliphatic carbocycles. The van der Waals surface area contributed by atoms with Crippen molar-refractivity contribution >= 4 is 5.69 Å². The van der Waals surface area contributed by atoms with E-state index >= 15 is 0 Å². The largest absolute Gasteiger partial charge is 0.360 e. The van der Waals surface area contributed by atoms with Crippen LogP contribution in [0.2, 0.25) is 0 Å². The lowest BCUT2D eigenvalue weighted by Gasteiger charge is -2.26. The second-order valence-corrected chi connectivity index (χ2v) is 5.73. The lowest BCUT2D eigenvalue weighted by molar-refractivity contribution is 0.424. The predicted molar refractivity (Wildman–Crippen MR) is 82.2 cm³/mol. The van der Waals surface area contributed by atoms with E-state index in [1.165, 1.54) is 11.3 Å². The van der Waals surface area contributed by atoms with Crippen LogP contribution < -0.4 is 10.2 Å². The van der Waals surface area contributed by atoms with E-state index in [0.717, 1.165) is 19.5 Å². The molecule has 0 saturated heterocycles. The zero-order chi connectivity index (χ0) is 14.3. The van der Waals surface area contributed by atoms with Crippen LogP contribution in [0.1, 0.15) is 39.7 Å². The summed E-state index contributed by atoms with van der Waals surface area (Å²) in [5, 5.41) is 3.50. The third-order valence-corrected chi connectivity index (χ3v) is 2.80. The van der Waals surface area contributed by atoms with E-state index in [-0.39, 0.29) is 5.54 Å². The van der Waals surface area contributed by atoms with Crippen LogP contribution in [0, 0.1) is 12.3 Å². The molecular weight excluding hydrogens is 234 g/mol. The molecule has 0 radical (unpaired) electrons. The van der Waals surface area contributed by atoms with Crippen LogP contribution in [-0.2, 0) is 6.54 Å². The Bertz CT molecular complexity index is 426. The number of hydrogen-bond acceptors (Lipinski definition) is 3. The zero-order valence-corrected chi connectivity index (χ0v) is 12.5. The van der Waals surface area contributed by atoms with Gasteiger partial charge in [0.15, 0.2) is 0 Å². The Morgan fingerprint density at radius 2 is 2.16 bits per heavy atom. The van der Waals surface area contributed by atoms with Gasteiger partial charge in [-0.3, -0.25) is 4.98 Å². The maximum Gasteiger partial charge on any atom is 0.0791 e. The molecule has 1 N–H and O–H groups in total. The Balaban J connectivity index is 2.90. The van der Waals surface area contributed by atoms with Gasteiger partial charge in [-0.1, -0.05) is 12.8 Å². The van der Waals surface area contributed by atoms with Crippen molar-refractivity contribution in [1.29, 1.82) is 0 Å². The number of anilines is 1. The number of aromatic nitrogens is 1. The predicted octanol–water partition coefficient (Wildman–Crippen LogP) is 2.82. The molecule has 3 nitrogen and oxygen atoms in total. The maximum atomic E-state index is 5.47. The SMILES string of the molecule is C#CCN(CCC)c1ccncc1CNC(C)(C)C. The number of hydrogen-bond donors (Lipinski definition) is 1. The Labute approximate surface area is 117 Å². The van der Waals surface area contributed by atoms with E-state index in [2.05, 4.69) is 48.8 Å². The fourth-order valence-electron chi connectivity index (χ4n) is 1.89. The third kappa shape index (κ3) is 5.32. The van der Waals surface area contributed by atoms with Gasteiger partial charge in [0.05, 0.1) is 6.54 Å². The Hall–Kier alpha value is -1.53. The van der Waals surface area contributed by atoms with Crippen molar-refractivity contribution in [3.8, 4) is 12.3 Å². The lowest BCUT2D eigenvalue weighted by atomic mass is 10.1. The molecule has 1 aromatic heterocycles. The van der Waals surface area contributed by atoms with Crippen molar-refractivity contribution < 1.29 is 0 Å². The summed E-state index contributed by atoms with van der Waals surface area (Å²) in [5.41, 5.74) is 2.47. The highest BCUT2D eigenvalue weighted by Gasteiger charge is 2.13. The first-order chi connectivity index (χ1) is 8.98. The summed E-state index contributed by atoms with van der Waals surface area (Å²) in [6.07, 6.45) is 10.3. The second-order valence-electron chi connectivity index (χ2n) is 5.73. The first kappa shape index (κ1) is 15.5. The van der Waals surface area contributed by atoms with Crippen LogP contribution in [-0.4, -0.2) is 23.6 Å². The molecular formula is C16H25N3. The van der Waals surface area contributed by atoms with Gasteiger partial charge >= 0.3 is 0 Å². The highest BCUT2D eigenvalue weighted by Crippen LogP contribution is 2.20. The third-order valence-electron chi connectivity index (χ3n) is 2.80. The topological polar surface area (TPSA) is 28.2 Å². The van der Waals surface area contributed by atoms with Crippen LogP contribution >= 0.6 is 0 Å². The smallest absolute Gasteiger partial charge is 0.0791 e. The molecule has 1 heterocycles. The maximum absolute atomic E-state index is 5.47. The van der Waals surface area contributed by atoms with Gasteiger partial charge in [-0.2, -0.15) is 0 Å². The number of nitrogens with one attached hydrogen (secondary N) is 1. The Morgan fingerprint density at radius 3 is 2.74 bits per heavy atom. The standard InChI is InChI=1S/C16H25N3/c1-6-10-19(11-7-2)15-8-9-17-12-14(15)13-18-16(3,4)5/h1,8-9,12,18H,7,10-11,13H2,2-5H3. The van der Waals surface area contributed by atoms with Crippen LogP contribution in [0.3, 0.4) is 0 Å². The highest BCUT2D eigenvalue weighted by molar-refractivity contribution is 5.53. The van der Waals surface area contributed by atoms with Gasteiger partial charge in [0.25, 0.3) is 0 Å². The molecule has 0 fully saturated rings. The van der Waals surface area contributed by atoms with Gasteiger partial charge in [-0.05, 0) is 33.3 Å². The number of terminal acetylenes is 1. The fourth-order valence-corrected chi connectivity index (χ4v) is 1.89. The molecule has 0 aliphatic heterocycles. The van der Waals surface area contributed by atoms with Crippen molar-refractivity contribution in [2.75, 3.05) is 18.0 Å². The van der Waals surface area contributed by atoms with Crippen molar-refractivity contribution in [1.82, 2.24) is 10.3 Å². The Kier molecular flexibility index (Phi) is 5.85. The van der Waals surface area contributed by atoms with E-state index in [1.807, 2.05) is 18.5 Å². The summed E-state index contributed by atoms with van der Waals surface area (Å²) < 4.78 is 0. The van der Waals surface area contributed by atoms with E-state index in [4.69, 9.17) is 6.42 Å². The molecule has 0 unspecified atom stereocenters. The molecule has 0 saturated carbocycles. The minimum absolute atomic E-state index is 0.0921. The van der Waals surface area contributed by atoms with Gasteiger partial charge in [0.1, 0.15) is 0 Å². The average Bonchev–Trinajstić information content (AvgIpc) is 2.36. The summed E-state index contributed by atoms with van der Waals surface area (Å²) in [6.45, 7) is 11.1. The van der Waals surface area contributed by atoms with Crippen molar-refractivity contribution in [2.45, 2.75) is 46.2 Å². The van der Waals surface area contributed by atoms with Crippen LogP contribution in [0.4, 0.5) is 5.69 Å². The van der Waals surface area contributed by atoms with Crippen molar-refractivity contribution in [3.63, 3.8) is 0 Å². The normalized spacial score (nSPS) is 11.1. The van der Waals surface area contributed by atoms with Crippen LogP contribution in [0.5, 0.6) is 0 Å². The van der Waals surface area contributed by atoms with Crippen molar-refractivity contribution in [3.05, 3.63) is 24.0 Å². The minimum Gasteiger partial charge on any atom is -0.360 e. The van der Waals surface area contributed by atoms with Gasteiger partial charge < -0.3 is 10.2 Å². The number of pyridine rings is 1. The Morgan fingerprint density at radius 1 is 1.42 bits per heavy atom. The molecule has 0 amide bonds. The van der Waals surface area contributed by atoms with Gasteiger partial charge in [-0.25, -0.2) is 0 Å². The highest BCUT2D eigenvalue weighted by atomic mass is 15.1. The molecule has 0 atom stereocenters. The zero-order valence-electron chi connectivity index (χ0n) is 12.5. The molecule has 0 aromatic carbocycles. The summed E-state index contributed by atoms with van der Waals surface area (Å²) in [5.74, 6) is 2.74. The molecule has 0 spiro atoms. The summed E-state index contributed by atoms with van der Waals surface area (Å²) in [4.78, 5) is 6.47. The fraction of sp³-hybridized carbons (Fsp3) is 0.562. The summed E-state index contributed by atoms with van der Waals surface area (Å²) in [6, 6.07) is 2.05. The molecule has 19 heavy (non-hydrogen) atoms.